The van der Waals surface area contributed by atoms with Gasteiger partial charge >= 0.3 is 0 Å². The summed E-state index contributed by atoms with van der Waals surface area (Å²) in [5, 5.41) is 3.01. The molecule has 3 heterocycles. The lowest BCUT2D eigenvalue weighted by Crippen LogP contribution is -2.33. The van der Waals surface area contributed by atoms with Crippen molar-refractivity contribution < 1.29 is 4.42 Å². The number of piperidine rings is 1. The van der Waals surface area contributed by atoms with Crippen LogP contribution >= 0.6 is 0 Å². The van der Waals surface area contributed by atoms with E-state index in [1.807, 2.05) is 31.6 Å². The predicted molar refractivity (Wildman–Crippen MR) is 77.3 cm³/mol. The van der Waals surface area contributed by atoms with E-state index in [4.69, 9.17) is 4.42 Å². The van der Waals surface area contributed by atoms with Gasteiger partial charge in [-0.15, -0.1) is 0 Å². The smallest absolute Gasteiger partial charge is 0.222 e. The fourth-order valence-electron chi connectivity index (χ4n) is 2.81. The van der Waals surface area contributed by atoms with E-state index >= 15 is 0 Å². The van der Waals surface area contributed by atoms with Gasteiger partial charge in [0.2, 0.25) is 5.95 Å². The van der Waals surface area contributed by atoms with Gasteiger partial charge in [0.05, 0.1) is 24.3 Å². The van der Waals surface area contributed by atoms with E-state index in [-0.39, 0.29) is 0 Å². The van der Waals surface area contributed by atoms with Gasteiger partial charge in [-0.25, -0.2) is 9.97 Å². The monoisotopic (exact) mass is 272 g/mol. The summed E-state index contributed by atoms with van der Waals surface area (Å²) >= 11 is 0. The topological polar surface area (TPSA) is 54.2 Å². The van der Waals surface area contributed by atoms with Crippen LogP contribution in [0.4, 0.5) is 5.95 Å². The number of anilines is 1. The molecule has 1 N–H and O–H groups in total. The molecule has 106 valence electrons. The molecular weight excluding hydrogens is 252 g/mol. The van der Waals surface area contributed by atoms with E-state index in [2.05, 4.69) is 20.2 Å². The van der Waals surface area contributed by atoms with Gasteiger partial charge in [-0.2, -0.15) is 0 Å². The minimum atomic E-state index is 0.369. The Morgan fingerprint density at radius 2 is 2.35 bits per heavy atom. The molecule has 2 aromatic heterocycles. The summed E-state index contributed by atoms with van der Waals surface area (Å²) in [6, 6.07) is 4.43. The molecule has 1 unspecified atom stereocenters. The molecule has 20 heavy (non-hydrogen) atoms. The molecule has 0 spiro atoms. The second-order valence-electron chi connectivity index (χ2n) is 5.17. The fourth-order valence-corrected chi connectivity index (χ4v) is 2.81. The maximum absolute atomic E-state index is 5.17. The summed E-state index contributed by atoms with van der Waals surface area (Å²) in [6.07, 6.45) is 9.04. The van der Waals surface area contributed by atoms with E-state index in [0.29, 0.717) is 12.0 Å². The summed E-state index contributed by atoms with van der Waals surface area (Å²) in [5.41, 5.74) is 2.33. The summed E-state index contributed by atoms with van der Waals surface area (Å²) < 4.78 is 5.17. The van der Waals surface area contributed by atoms with Crippen molar-refractivity contribution in [2.75, 3.05) is 18.9 Å². The van der Waals surface area contributed by atoms with E-state index in [9.17, 15) is 0 Å². The highest BCUT2D eigenvalue weighted by molar-refractivity contribution is 5.25. The summed E-state index contributed by atoms with van der Waals surface area (Å²) in [6.45, 7) is 2.02. The molecule has 0 amide bonds. The number of nitrogens with zero attached hydrogens (tertiary/aromatic N) is 3. The third-order valence-electron chi connectivity index (χ3n) is 3.82. The number of hydrogen-bond acceptors (Lipinski definition) is 5. The van der Waals surface area contributed by atoms with Crippen molar-refractivity contribution in [2.45, 2.75) is 31.8 Å². The number of nitrogens with one attached hydrogen (secondary N) is 1. The molecule has 5 nitrogen and oxygen atoms in total. The second-order valence-corrected chi connectivity index (χ2v) is 5.17. The molecule has 0 radical (unpaired) electrons. The third kappa shape index (κ3) is 2.82. The number of rotatable bonds is 4. The van der Waals surface area contributed by atoms with Crippen LogP contribution in [-0.4, -0.2) is 28.5 Å². The molecular formula is C15H20N4O. The highest BCUT2D eigenvalue weighted by Crippen LogP contribution is 2.31. The highest BCUT2D eigenvalue weighted by Gasteiger charge is 2.25. The van der Waals surface area contributed by atoms with Crippen molar-refractivity contribution >= 4 is 5.95 Å². The van der Waals surface area contributed by atoms with E-state index in [1.165, 1.54) is 18.4 Å². The second kappa shape index (κ2) is 6.05. The quantitative estimate of drug-likeness (QED) is 0.927. The number of hydrogen-bond donors (Lipinski definition) is 1. The van der Waals surface area contributed by atoms with Crippen molar-refractivity contribution in [3.63, 3.8) is 0 Å². The van der Waals surface area contributed by atoms with Gasteiger partial charge in [-0.1, -0.05) is 6.42 Å². The maximum atomic E-state index is 5.17. The maximum Gasteiger partial charge on any atom is 0.222 e. The largest absolute Gasteiger partial charge is 0.472 e. The zero-order valence-corrected chi connectivity index (χ0v) is 11.7. The Labute approximate surface area is 119 Å². The normalized spacial score (nSPS) is 19.9. The van der Waals surface area contributed by atoms with Crippen LogP contribution in [0.5, 0.6) is 0 Å². The first kappa shape index (κ1) is 13.1. The molecule has 0 aromatic carbocycles. The van der Waals surface area contributed by atoms with Crippen LogP contribution in [0.3, 0.4) is 0 Å². The van der Waals surface area contributed by atoms with Crippen molar-refractivity contribution in [1.29, 1.82) is 0 Å². The van der Waals surface area contributed by atoms with Crippen LogP contribution in [0, 0.1) is 0 Å². The Morgan fingerprint density at radius 3 is 3.15 bits per heavy atom. The lowest BCUT2D eigenvalue weighted by atomic mass is 9.98. The molecule has 1 atom stereocenters. The Balaban J connectivity index is 1.80. The molecule has 0 bridgehead atoms. The number of furan rings is 1. The zero-order valence-electron chi connectivity index (χ0n) is 11.7. The Hall–Kier alpha value is -1.88. The van der Waals surface area contributed by atoms with Gasteiger partial charge in [-0.3, -0.25) is 4.90 Å². The Bertz CT molecular complexity index is 541. The number of likely N-dealkylation sites (tertiary alicyclic amines) is 1. The fraction of sp³-hybridized carbons (Fsp3) is 0.467. The molecule has 1 aliphatic heterocycles. The molecule has 1 aliphatic rings. The third-order valence-corrected chi connectivity index (χ3v) is 3.82. The van der Waals surface area contributed by atoms with Gasteiger partial charge in [0.15, 0.2) is 0 Å². The van der Waals surface area contributed by atoms with Crippen LogP contribution < -0.4 is 5.32 Å². The SMILES string of the molecule is CNc1nccc(C2CCCCN2Cc2ccoc2)n1. The molecule has 1 saturated heterocycles. The van der Waals surface area contributed by atoms with Crippen molar-refractivity contribution in [2.24, 2.45) is 0 Å². The predicted octanol–water partition coefficient (Wildman–Crippen LogP) is 2.84. The van der Waals surface area contributed by atoms with Gasteiger partial charge in [0.25, 0.3) is 0 Å². The minimum absolute atomic E-state index is 0.369. The summed E-state index contributed by atoms with van der Waals surface area (Å²) in [5.74, 6) is 0.691. The van der Waals surface area contributed by atoms with Crippen molar-refractivity contribution in [3.8, 4) is 0 Å². The van der Waals surface area contributed by atoms with E-state index in [0.717, 1.165) is 25.2 Å². The first-order valence-electron chi connectivity index (χ1n) is 7.12. The summed E-state index contributed by atoms with van der Waals surface area (Å²) in [4.78, 5) is 11.3. The number of aromatic nitrogens is 2. The van der Waals surface area contributed by atoms with Crippen LogP contribution in [0.2, 0.25) is 0 Å². The molecule has 5 heteroatoms. The Morgan fingerprint density at radius 1 is 1.40 bits per heavy atom. The van der Waals surface area contributed by atoms with Gasteiger partial charge in [0.1, 0.15) is 0 Å². The zero-order chi connectivity index (χ0) is 13.8. The van der Waals surface area contributed by atoms with Crippen LogP contribution in [0.25, 0.3) is 0 Å². The van der Waals surface area contributed by atoms with Gasteiger partial charge in [-0.05, 0) is 31.5 Å². The van der Waals surface area contributed by atoms with E-state index < -0.39 is 0 Å². The van der Waals surface area contributed by atoms with Gasteiger partial charge < -0.3 is 9.73 Å². The first-order valence-corrected chi connectivity index (χ1v) is 7.12. The molecule has 0 saturated carbocycles. The average Bonchev–Trinajstić information content (AvgIpc) is 3.01. The lowest BCUT2D eigenvalue weighted by molar-refractivity contribution is 0.137. The standard InChI is InChI=1S/C15H20N4O/c1-16-15-17-7-5-13(18-15)14-4-2-3-8-19(14)10-12-6-9-20-11-12/h5-7,9,11,14H,2-4,8,10H2,1H3,(H,16,17,18). The molecule has 0 aliphatic carbocycles. The highest BCUT2D eigenvalue weighted by atomic mass is 16.3. The molecule has 2 aromatic rings. The van der Waals surface area contributed by atoms with Crippen LogP contribution in [0.1, 0.15) is 36.6 Å². The van der Waals surface area contributed by atoms with E-state index in [1.54, 1.807) is 6.26 Å². The minimum Gasteiger partial charge on any atom is -0.472 e. The Kier molecular flexibility index (Phi) is 3.97. The molecule has 1 fully saturated rings. The summed E-state index contributed by atoms with van der Waals surface area (Å²) in [7, 11) is 1.85. The lowest BCUT2D eigenvalue weighted by Gasteiger charge is -2.35. The van der Waals surface area contributed by atoms with Crippen LogP contribution in [0.15, 0.2) is 35.3 Å². The molecule has 3 rings (SSSR count). The average molecular weight is 272 g/mol. The van der Waals surface area contributed by atoms with Crippen LogP contribution in [-0.2, 0) is 6.54 Å². The van der Waals surface area contributed by atoms with Gasteiger partial charge in [0, 0.05) is 25.4 Å². The first-order chi connectivity index (χ1) is 9.86. The van der Waals surface area contributed by atoms with Crippen molar-refractivity contribution in [3.05, 3.63) is 42.1 Å². The van der Waals surface area contributed by atoms with Crippen molar-refractivity contribution in [1.82, 2.24) is 14.9 Å².